The molecule has 0 spiro atoms. The Morgan fingerprint density at radius 3 is 2.59 bits per heavy atom. The van der Waals surface area contributed by atoms with Gasteiger partial charge in [-0.2, -0.15) is 0 Å². The van der Waals surface area contributed by atoms with Crippen molar-refractivity contribution in [2.45, 2.75) is 6.36 Å². The number of ketones is 1. The molecule has 0 heterocycles. The van der Waals surface area contributed by atoms with Gasteiger partial charge in [-0.05, 0) is 18.2 Å². The Morgan fingerprint density at radius 1 is 1.41 bits per heavy atom. The van der Waals surface area contributed by atoms with E-state index in [0.29, 0.717) is 0 Å². The van der Waals surface area contributed by atoms with Gasteiger partial charge in [-0.15, -0.1) is 13.2 Å². The number of hydrogen-bond donors (Lipinski definition) is 0. The highest BCUT2D eigenvalue weighted by Gasteiger charge is 2.31. The number of methoxy groups -OCH3 is 1. The second-order valence-electron chi connectivity index (χ2n) is 3.05. The zero-order valence-corrected chi connectivity index (χ0v) is 9.43. The number of alkyl halides is 3. The van der Waals surface area contributed by atoms with Crippen LogP contribution in [0.2, 0.25) is 5.02 Å². The fraction of sp³-hybridized carbons (Fsp3) is 0.300. The van der Waals surface area contributed by atoms with Gasteiger partial charge in [0.2, 0.25) is 0 Å². The molecule has 0 saturated heterocycles. The van der Waals surface area contributed by atoms with E-state index < -0.39 is 17.9 Å². The van der Waals surface area contributed by atoms with Crippen molar-refractivity contribution >= 4 is 17.4 Å². The van der Waals surface area contributed by atoms with E-state index in [9.17, 15) is 18.0 Å². The number of ether oxygens (including phenoxy) is 2. The van der Waals surface area contributed by atoms with Gasteiger partial charge in [0, 0.05) is 12.7 Å². The van der Waals surface area contributed by atoms with Gasteiger partial charge in [0.1, 0.15) is 12.4 Å². The molecule has 0 atom stereocenters. The lowest BCUT2D eigenvalue weighted by molar-refractivity contribution is -0.274. The van der Waals surface area contributed by atoms with E-state index in [1.54, 1.807) is 0 Å². The quantitative estimate of drug-likeness (QED) is 0.787. The summed E-state index contributed by atoms with van der Waals surface area (Å²) in [6.45, 7) is -0.269. The number of carbonyl (C=O) groups is 1. The van der Waals surface area contributed by atoms with Crippen LogP contribution in [0.1, 0.15) is 10.4 Å². The summed E-state index contributed by atoms with van der Waals surface area (Å²) in [6.07, 6.45) is -4.81. The maximum atomic E-state index is 12.0. The molecule has 0 saturated carbocycles. The van der Waals surface area contributed by atoms with Crippen molar-refractivity contribution in [2.24, 2.45) is 0 Å². The first-order valence-corrected chi connectivity index (χ1v) is 4.78. The van der Waals surface area contributed by atoms with Crippen molar-refractivity contribution in [1.29, 1.82) is 0 Å². The summed E-state index contributed by atoms with van der Waals surface area (Å²) < 4.78 is 44.1. The Kier molecular flexibility index (Phi) is 4.36. The highest BCUT2D eigenvalue weighted by atomic mass is 35.5. The molecule has 7 heteroatoms. The Hall–Kier alpha value is -1.27. The number of rotatable bonds is 4. The lowest BCUT2D eigenvalue weighted by Crippen LogP contribution is -2.17. The molecule has 3 nitrogen and oxygen atoms in total. The molecule has 0 N–H and O–H groups in total. The molecule has 94 valence electrons. The van der Waals surface area contributed by atoms with Crippen LogP contribution >= 0.6 is 11.6 Å². The summed E-state index contributed by atoms with van der Waals surface area (Å²) in [5.41, 5.74) is -0.0738. The fourth-order valence-corrected chi connectivity index (χ4v) is 1.35. The number of Topliss-reactive ketones (excluding diaryl/α,β-unsaturated/α-hetero) is 1. The Bertz CT molecular complexity index is 418. The zero-order chi connectivity index (χ0) is 13.1. The monoisotopic (exact) mass is 268 g/mol. The average molecular weight is 269 g/mol. The standard InChI is InChI=1S/C10H8ClF3O3/c1-16-5-9(15)7-4-6(2-3-8(7)11)17-10(12,13)14/h2-4H,5H2,1H3. The van der Waals surface area contributed by atoms with Crippen LogP contribution < -0.4 is 4.74 Å². The van der Waals surface area contributed by atoms with Crippen LogP contribution in [-0.2, 0) is 4.74 Å². The molecule has 0 bridgehead atoms. The van der Waals surface area contributed by atoms with E-state index >= 15 is 0 Å². The molecule has 1 rings (SSSR count). The van der Waals surface area contributed by atoms with Crippen molar-refractivity contribution in [3.05, 3.63) is 28.8 Å². The van der Waals surface area contributed by atoms with E-state index in [4.69, 9.17) is 11.6 Å². The van der Waals surface area contributed by atoms with E-state index in [2.05, 4.69) is 9.47 Å². The molecule has 0 aliphatic rings. The van der Waals surface area contributed by atoms with Crippen LogP contribution in [0.15, 0.2) is 18.2 Å². The minimum absolute atomic E-state index is 0.0431. The molecule has 0 radical (unpaired) electrons. The minimum atomic E-state index is -4.81. The van der Waals surface area contributed by atoms with Crippen LogP contribution in [0.3, 0.4) is 0 Å². The van der Waals surface area contributed by atoms with Crippen molar-refractivity contribution in [1.82, 2.24) is 0 Å². The maximum Gasteiger partial charge on any atom is 0.573 e. The lowest BCUT2D eigenvalue weighted by atomic mass is 10.1. The topological polar surface area (TPSA) is 35.5 Å². The molecule has 1 aromatic carbocycles. The molecule has 0 fully saturated rings. The van der Waals surface area contributed by atoms with Gasteiger partial charge in [0.05, 0.1) is 5.02 Å². The van der Waals surface area contributed by atoms with E-state index in [1.807, 2.05) is 0 Å². The largest absolute Gasteiger partial charge is 0.573 e. The number of carbonyl (C=O) groups excluding carboxylic acids is 1. The Labute approximate surface area is 100 Å². The molecule has 0 aromatic heterocycles. The van der Waals surface area contributed by atoms with Crippen LogP contribution in [0.5, 0.6) is 5.75 Å². The Balaban J connectivity index is 2.98. The summed E-state index contributed by atoms with van der Waals surface area (Å²) in [5, 5.41) is 0.0431. The third-order valence-electron chi connectivity index (χ3n) is 1.75. The second kappa shape index (κ2) is 5.37. The van der Waals surface area contributed by atoms with Gasteiger partial charge in [0.25, 0.3) is 0 Å². The summed E-state index contributed by atoms with van der Waals surface area (Å²) >= 11 is 5.68. The second-order valence-corrected chi connectivity index (χ2v) is 3.45. The average Bonchev–Trinajstić information content (AvgIpc) is 2.19. The first-order chi connectivity index (χ1) is 7.83. The van der Waals surface area contributed by atoms with Crippen molar-refractivity contribution in [3.63, 3.8) is 0 Å². The molecule has 0 aliphatic carbocycles. The number of benzene rings is 1. The Morgan fingerprint density at radius 2 is 2.06 bits per heavy atom. The van der Waals surface area contributed by atoms with Crippen LogP contribution in [0.25, 0.3) is 0 Å². The molecular formula is C10H8ClF3O3. The molecule has 0 unspecified atom stereocenters. The third kappa shape index (κ3) is 4.24. The molecule has 0 amide bonds. The lowest BCUT2D eigenvalue weighted by Gasteiger charge is -2.10. The molecule has 17 heavy (non-hydrogen) atoms. The normalized spacial score (nSPS) is 11.4. The smallest absolute Gasteiger partial charge is 0.406 e. The SMILES string of the molecule is COCC(=O)c1cc(OC(F)(F)F)ccc1Cl. The molecule has 0 aliphatic heterocycles. The summed E-state index contributed by atoms with van der Waals surface area (Å²) in [5.74, 6) is -1.02. The zero-order valence-electron chi connectivity index (χ0n) is 8.68. The maximum absolute atomic E-state index is 12.0. The summed E-state index contributed by atoms with van der Waals surface area (Å²) in [4.78, 5) is 11.4. The van der Waals surface area contributed by atoms with Gasteiger partial charge >= 0.3 is 6.36 Å². The van der Waals surface area contributed by atoms with Crippen molar-refractivity contribution in [2.75, 3.05) is 13.7 Å². The van der Waals surface area contributed by atoms with E-state index in [1.165, 1.54) is 7.11 Å². The first kappa shape index (κ1) is 13.8. The minimum Gasteiger partial charge on any atom is -0.406 e. The van der Waals surface area contributed by atoms with Crippen molar-refractivity contribution < 1.29 is 27.4 Å². The highest BCUT2D eigenvalue weighted by Crippen LogP contribution is 2.27. The summed E-state index contributed by atoms with van der Waals surface area (Å²) in [6, 6.07) is 3.11. The van der Waals surface area contributed by atoms with E-state index in [-0.39, 0.29) is 17.2 Å². The number of halogens is 4. The number of hydrogen-bond acceptors (Lipinski definition) is 3. The van der Waals surface area contributed by atoms with Gasteiger partial charge < -0.3 is 9.47 Å². The fourth-order valence-electron chi connectivity index (χ4n) is 1.12. The van der Waals surface area contributed by atoms with Crippen LogP contribution in [-0.4, -0.2) is 25.9 Å². The van der Waals surface area contributed by atoms with Crippen molar-refractivity contribution in [3.8, 4) is 5.75 Å². The first-order valence-electron chi connectivity index (χ1n) is 4.41. The summed E-state index contributed by atoms with van der Waals surface area (Å²) in [7, 11) is 1.29. The van der Waals surface area contributed by atoms with Crippen LogP contribution in [0, 0.1) is 0 Å². The van der Waals surface area contributed by atoms with Gasteiger partial charge in [-0.25, -0.2) is 0 Å². The predicted molar refractivity (Wildman–Crippen MR) is 54.3 cm³/mol. The van der Waals surface area contributed by atoms with Gasteiger partial charge in [-0.3, -0.25) is 4.79 Å². The third-order valence-corrected chi connectivity index (χ3v) is 2.08. The van der Waals surface area contributed by atoms with Crippen LogP contribution in [0.4, 0.5) is 13.2 Å². The highest BCUT2D eigenvalue weighted by molar-refractivity contribution is 6.34. The van der Waals surface area contributed by atoms with E-state index in [0.717, 1.165) is 18.2 Å². The van der Waals surface area contributed by atoms with Gasteiger partial charge in [0.15, 0.2) is 5.78 Å². The van der Waals surface area contributed by atoms with Gasteiger partial charge in [-0.1, -0.05) is 11.6 Å². The molecular weight excluding hydrogens is 261 g/mol. The molecule has 1 aromatic rings. The predicted octanol–water partition coefficient (Wildman–Crippen LogP) is 3.07.